The summed E-state index contributed by atoms with van der Waals surface area (Å²) in [4.78, 5) is 7.30. The predicted octanol–water partition coefficient (Wildman–Crippen LogP) is 3.20. The van der Waals surface area contributed by atoms with E-state index < -0.39 is 20.8 Å². The van der Waals surface area contributed by atoms with Gasteiger partial charge in [0.05, 0.1) is 28.3 Å². The average Bonchev–Trinajstić information content (AvgIpc) is 3.21. The molecule has 3 N–H and O–H groups in total. The Balaban J connectivity index is 1.43. The second kappa shape index (κ2) is 10.2. The van der Waals surface area contributed by atoms with Crippen molar-refractivity contribution >= 4 is 37.9 Å². The van der Waals surface area contributed by atoms with E-state index in [9.17, 15) is 12.6 Å². The lowest BCUT2D eigenvalue weighted by Gasteiger charge is -2.28. The molecule has 0 radical (unpaired) electrons. The van der Waals surface area contributed by atoms with Crippen LogP contribution in [0.2, 0.25) is 0 Å². The first kappa shape index (κ1) is 24.2. The highest BCUT2D eigenvalue weighted by Gasteiger charge is 2.18. The van der Waals surface area contributed by atoms with Gasteiger partial charge in [0, 0.05) is 23.7 Å². The van der Waals surface area contributed by atoms with E-state index in [1.807, 2.05) is 44.3 Å². The molecule has 0 aliphatic carbocycles. The molecule has 1 aliphatic rings. The standard InChI is InChI=1S/C23H28N4O5S2/c1-3-31-18-11-16(12-19(13-18)33(28)4-2)15-27-9-7-17(8-10-27)25-23-26-21-14-20(34(24,29)30)5-6-22(21)32-23/h5-7,9,11-14,17H,3-4,8,10,15H2,1-2H3,(H,25,26)(H2,24,29,30). The summed E-state index contributed by atoms with van der Waals surface area (Å²) in [6.07, 6.45) is 4.87. The van der Waals surface area contributed by atoms with Gasteiger partial charge in [-0.1, -0.05) is 6.92 Å². The maximum absolute atomic E-state index is 12.3. The van der Waals surface area contributed by atoms with E-state index in [1.165, 1.54) is 12.1 Å². The molecule has 1 aromatic heterocycles. The molecule has 11 heteroatoms. The molecule has 1 aliphatic heterocycles. The molecule has 4 rings (SSSR count). The highest BCUT2D eigenvalue weighted by Crippen LogP contribution is 2.25. The number of hydrogen-bond donors (Lipinski definition) is 2. The smallest absolute Gasteiger partial charge is 0.296 e. The summed E-state index contributed by atoms with van der Waals surface area (Å²) in [7, 11) is -4.85. The van der Waals surface area contributed by atoms with Crippen molar-refractivity contribution < 1.29 is 21.8 Å². The van der Waals surface area contributed by atoms with Crippen molar-refractivity contribution in [1.82, 2.24) is 9.88 Å². The highest BCUT2D eigenvalue weighted by molar-refractivity contribution is 7.89. The Kier molecular flexibility index (Phi) is 7.24. The molecule has 0 saturated heterocycles. The van der Waals surface area contributed by atoms with E-state index in [2.05, 4.69) is 15.2 Å². The van der Waals surface area contributed by atoms with Crippen molar-refractivity contribution in [2.45, 2.75) is 42.6 Å². The van der Waals surface area contributed by atoms with Crippen LogP contribution in [0.15, 0.2) is 62.9 Å². The zero-order valence-electron chi connectivity index (χ0n) is 19.1. The van der Waals surface area contributed by atoms with Gasteiger partial charge in [-0.2, -0.15) is 4.98 Å². The summed E-state index contributed by atoms with van der Waals surface area (Å²) in [5, 5.41) is 8.43. The zero-order valence-corrected chi connectivity index (χ0v) is 20.7. The van der Waals surface area contributed by atoms with Crippen molar-refractivity contribution in [2.24, 2.45) is 5.14 Å². The molecule has 9 nitrogen and oxygen atoms in total. The molecule has 0 saturated carbocycles. The lowest BCUT2D eigenvalue weighted by Crippen LogP contribution is -2.30. The minimum Gasteiger partial charge on any atom is -0.494 e. The third-order valence-corrected chi connectivity index (χ3v) is 7.61. The predicted molar refractivity (Wildman–Crippen MR) is 132 cm³/mol. The van der Waals surface area contributed by atoms with Gasteiger partial charge < -0.3 is 19.4 Å². The van der Waals surface area contributed by atoms with Gasteiger partial charge in [-0.05, 0) is 67.6 Å². The molecule has 2 heterocycles. The van der Waals surface area contributed by atoms with Crippen LogP contribution in [0.1, 0.15) is 25.8 Å². The van der Waals surface area contributed by atoms with Crippen LogP contribution in [-0.2, 0) is 27.4 Å². The molecule has 0 amide bonds. The fourth-order valence-corrected chi connectivity index (χ4v) is 5.16. The molecule has 0 bridgehead atoms. The van der Waals surface area contributed by atoms with Crippen LogP contribution in [0.4, 0.5) is 6.01 Å². The normalized spacial score (nSPS) is 17.1. The number of sulfonamides is 1. The van der Waals surface area contributed by atoms with E-state index >= 15 is 0 Å². The lowest BCUT2D eigenvalue weighted by molar-refractivity contribution is 0.330. The minimum absolute atomic E-state index is 0.00705. The van der Waals surface area contributed by atoms with E-state index in [0.29, 0.717) is 36.0 Å². The third kappa shape index (κ3) is 5.78. The number of nitrogens with one attached hydrogen (secondary N) is 1. The van der Waals surface area contributed by atoms with Gasteiger partial charge in [0.25, 0.3) is 6.01 Å². The summed E-state index contributed by atoms with van der Waals surface area (Å²) in [6, 6.07) is 10.5. The molecule has 2 aromatic carbocycles. The number of primary sulfonamides is 1. The van der Waals surface area contributed by atoms with Crippen molar-refractivity contribution in [1.29, 1.82) is 0 Å². The summed E-state index contributed by atoms with van der Waals surface area (Å²) in [5.41, 5.74) is 1.94. The Morgan fingerprint density at radius 2 is 2.09 bits per heavy atom. The fraction of sp³-hybridized carbons (Fsp3) is 0.348. The SMILES string of the molecule is CCOc1cc(CN2C=CC(Nc3nc4cc(S(N)(=O)=O)ccc4o3)CC2)cc(S(=O)CC)c1. The van der Waals surface area contributed by atoms with Gasteiger partial charge in [-0.3, -0.25) is 4.21 Å². The zero-order chi connectivity index (χ0) is 24.3. The summed E-state index contributed by atoms with van der Waals surface area (Å²) < 4.78 is 46.8. The number of aromatic nitrogens is 1. The van der Waals surface area contributed by atoms with Gasteiger partial charge in [0.1, 0.15) is 11.3 Å². The van der Waals surface area contributed by atoms with Crippen molar-refractivity contribution in [3.8, 4) is 5.75 Å². The van der Waals surface area contributed by atoms with E-state index in [4.69, 9.17) is 14.3 Å². The van der Waals surface area contributed by atoms with E-state index in [-0.39, 0.29) is 10.9 Å². The summed E-state index contributed by atoms with van der Waals surface area (Å²) in [5.74, 6) is 1.30. The van der Waals surface area contributed by atoms with Crippen molar-refractivity contribution in [3.05, 3.63) is 54.2 Å². The molecular formula is C23H28N4O5S2. The van der Waals surface area contributed by atoms with Gasteiger partial charge in [-0.15, -0.1) is 0 Å². The Morgan fingerprint density at radius 1 is 1.26 bits per heavy atom. The second-order valence-corrected chi connectivity index (χ2v) is 11.2. The lowest BCUT2D eigenvalue weighted by atomic mass is 10.1. The first-order valence-electron chi connectivity index (χ1n) is 11.0. The number of fused-ring (bicyclic) bond motifs is 1. The highest BCUT2D eigenvalue weighted by atomic mass is 32.2. The molecule has 34 heavy (non-hydrogen) atoms. The van der Waals surface area contributed by atoms with Crippen molar-refractivity contribution in [3.63, 3.8) is 0 Å². The first-order chi connectivity index (χ1) is 16.2. The van der Waals surface area contributed by atoms with Gasteiger partial charge in [-0.25, -0.2) is 13.6 Å². The maximum atomic E-state index is 12.3. The number of benzene rings is 2. The minimum atomic E-state index is -3.80. The van der Waals surface area contributed by atoms with E-state index in [1.54, 1.807) is 6.07 Å². The number of rotatable bonds is 9. The van der Waals surface area contributed by atoms with Gasteiger partial charge in [0.15, 0.2) is 5.58 Å². The Bertz CT molecular complexity index is 1340. The topological polar surface area (TPSA) is 128 Å². The number of hydrogen-bond acceptors (Lipinski definition) is 8. The molecule has 182 valence electrons. The number of nitrogens with two attached hydrogens (primary N) is 1. The first-order valence-corrected chi connectivity index (χ1v) is 13.9. The fourth-order valence-electron chi connectivity index (χ4n) is 3.76. The second-order valence-electron chi connectivity index (χ2n) is 7.92. The Labute approximate surface area is 201 Å². The summed E-state index contributed by atoms with van der Waals surface area (Å²) >= 11 is 0. The Morgan fingerprint density at radius 3 is 2.76 bits per heavy atom. The summed E-state index contributed by atoms with van der Waals surface area (Å²) in [6.45, 7) is 5.86. The number of ether oxygens (including phenoxy) is 1. The molecule has 2 unspecified atom stereocenters. The monoisotopic (exact) mass is 504 g/mol. The van der Waals surface area contributed by atoms with Crippen molar-refractivity contribution in [2.75, 3.05) is 24.2 Å². The van der Waals surface area contributed by atoms with Gasteiger partial charge >= 0.3 is 0 Å². The molecular weight excluding hydrogens is 476 g/mol. The van der Waals surface area contributed by atoms with Crippen LogP contribution < -0.4 is 15.2 Å². The van der Waals surface area contributed by atoms with Crippen LogP contribution >= 0.6 is 0 Å². The maximum Gasteiger partial charge on any atom is 0.296 e. The van der Waals surface area contributed by atoms with E-state index in [0.717, 1.165) is 29.2 Å². The Hall–Kier alpha value is -2.89. The largest absolute Gasteiger partial charge is 0.494 e. The number of anilines is 1. The number of nitrogens with zero attached hydrogens (tertiary/aromatic N) is 2. The molecule has 0 spiro atoms. The molecule has 3 aromatic rings. The van der Waals surface area contributed by atoms with Crippen LogP contribution in [0.25, 0.3) is 11.1 Å². The van der Waals surface area contributed by atoms with Crippen LogP contribution in [0.3, 0.4) is 0 Å². The average molecular weight is 505 g/mol. The molecule has 0 fully saturated rings. The van der Waals surface area contributed by atoms with Gasteiger partial charge in [0.2, 0.25) is 10.0 Å². The van der Waals surface area contributed by atoms with Crippen LogP contribution in [0, 0.1) is 0 Å². The van der Waals surface area contributed by atoms with Crippen LogP contribution in [-0.4, -0.2) is 47.5 Å². The molecule has 2 atom stereocenters. The quantitative estimate of drug-likeness (QED) is 0.455. The van der Waals surface area contributed by atoms with Crippen LogP contribution in [0.5, 0.6) is 5.75 Å². The number of oxazole rings is 1. The third-order valence-electron chi connectivity index (χ3n) is 5.41.